The number of hydrogen-bond acceptors (Lipinski definition) is 2. The van der Waals surface area contributed by atoms with Crippen LogP contribution in [0.3, 0.4) is 0 Å². The topological polar surface area (TPSA) is 12.0 Å². The van der Waals surface area contributed by atoms with E-state index in [1.165, 1.54) is 43.4 Å². The van der Waals surface area contributed by atoms with Crippen LogP contribution in [0.2, 0.25) is 4.34 Å². The molecule has 0 aliphatic heterocycles. The summed E-state index contributed by atoms with van der Waals surface area (Å²) >= 11 is 7.71. The molecule has 1 aromatic heterocycles. The van der Waals surface area contributed by atoms with E-state index in [0.717, 1.165) is 16.3 Å². The lowest BCUT2D eigenvalue weighted by Crippen LogP contribution is -2.26. The SMILES string of the molecule is CNC1CCCCC(Cc2ccc(Cl)s2)C1. The number of rotatable bonds is 3. The van der Waals surface area contributed by atoms with Gasteiger partial charge < -0.3 is 5.32 Å². The van der Waals surface area contributed by atoms with Crippen molar-refractivity contribution in [1.82, 2.24) is 5.32 Å². The first-order chi connectivity index (χ1) is 7.78. The molecule has 1 aliphatic carbocycles. The van der Waals surface area contributed by atoms with E-state index >= 15 is 0 Å². The average molecular weight is 258 g/mol. The van der Waals surface area contributed by atoms with Crippen LogP contribution in [0.4, 0.5) is 0 Å². The Morgan fingerprint density at radius 2 is 2.19 bits per heavy atom. The third-order valence-corrected chi connectivity index (χ3v) is 4.81. The first-order valence-corrected chi connectivity index (χ1v) is 7.39. The van der Waals surface area contributed by atoms with Gasteiger partial charge in [-0.05, 0) is 44.4 Å². The minimum atomic E-state index is 0.725. The van der Waals surface area contributed by atoms with Crippen molar-refractivity contribution in [1.29, 1.82) is 0 Å². The fourth-order valence-corrected chi connectivity index (χ4v) is 3.86. The molecule has 1 aromatic rings. The molecule has 0 radical (unpaired) electrons. The van der Waals surface area contributed by atoms with Crippen LogP contribution in [-0.2, 0) is 6.42 Å². The third-order valence-electron chi connectivity index (χ3n) is 3.56. The molecular formula is C13H20ClNS. The van der Waals surface area contributed by atoms with E-state index in [-0.39, 0.29) is 0 Å². The minimum Gasteiger partial charge on any atom is -0.317 e. The predicted molar refractivity (Wildman–Crippen MR) is 72.5 cm³/mol. The molecular weight excluding hydrogens is 238 g/mol. The molecule has 0 saturated heterocycles. The van der Waals surface area contributed by atoms with Gasteiger partial charge in [-0.3, -0.25) is 0 Å². The first kappa shape index (κ1) is 12.4. The second-order valence-corrected chi connectivity index (χ2v) is 6.58. The van der Waals surface area contributed by atoms with Crippen molar-refractivity contribution in [3.05, 3.63) is 21.3 Å². The molecule has 1 heterocycles. The van der Waals surface area contributed by atoms with Crippen LogP contribution in [0.5, 0.6) is 0 Å². The van der Waals surface area contributed by atoms with Gasteiger partial charge in [-0.2, -0.15) is 0 Å². The van der Waals surface area contributed by atoms with Gasteiger partial charge in [0.2, 0.25) is 0 Å². The summed E-state index contributed by atoms with van der Waals surface area (Å²) in [6.45, 7) is 0. The highest BCUT2D eigenvalue weighted by Crippen LogP contribution is 2.30. The number of nitrogens with one attached hydrogen (secondary N) is 1. The predicted octanol–water partition coefficient (Wildman–Crippen LogP) is 4.11. The summed E-state index contributed by atoms with van der Waals surface area (Å²) in [5, 5.41) is 3.44. The molecule has 0 spiro atoms. The van der Waals surface area contributed by atoms with E-state index in [9.17, 15) is 0 Å². The van der Waals surface area contributed by atoms with Gasteiger partial charge in [0.1, 0.15) is 0 Å². The van der Waals surface area contributed by atoms with Gasteiger partial charge in [-0.1, -0.05) is 30.9 Å². The summed E-state index contributed by atoms with van der Waals surface area (Å²) in [6, 6.07) is 4.93. The van der Waals surface area contributed by atoms with Gasteiger partial charge in [-0.15, -0.1) is 11.3 Å². The molecule has 1 N–H and O–H groups in total. The highest BCUT2D eigenvalue weighted by Gasteiger charge is 2.19. The molecule has 1 aliphatic rings. The van der Waals surface area contributed by atoms with Crippen LogP contribution < -0.4 is 5.32 Å². The van der Waals surface area contributed by atoms with Crippen molar-refractivity contribution < 1.29 is 0 Å². The smallest absolute Gasteiger partial charge is 0.0931 e. The maximum absolute atomic E-state index is 5.97. The summed E-state index contributed by atoms with van der Waals surface area (Å²) in [4.78, 5) is 1.45. The molecule has 90 valence electrons. The summed E-state index contributed by atoms with van der Waals surface area (Å²) in [6.07, 6.45) is 8.04. The molecule has 0 amide bonds. The number of thiophene rings is 1. The monoisotopic (exact) mass is 257 g/mol. The van der Waals surface area contributed by atoms with Crippen LogP contribution >= 0.6 is 22.9 Å². The molecule has 0 aromatic carbocycles. The zero-order valence-corrected chi connectivity index (χ0v) is 11.4. The third kappa shape index (κ3) is 3.47. The molecule has 1 saturated carbocycles. The number of halogens is 1. The largest absolute Gasteiger partial charge is 0.317 e. The molecule has 1 fully saturated rings. The van der Waals surface area contributed by atoms with Crippen molar-refractivity contribution in [3.63, 3.8) is 0 Å². The van der Waals surface area contributed by atoms with Crippen LogP contribution in [0.25, 0.3) is 0 Å². The minimum absolute atomic E-state index is 0.725. The van der Waals surface area contributed by atoms with Crippen molar-refractivity contribution >= 4 is 22.9 Å². The summed E-state index contributed by atoms with van der Waals surface area (Å²) in [5.74, 6) is 0.842. The van der Waals surface area contributed by atoms with E-state index in [1.807, 2.05) is 6.07 Å². The molecule has 0 bridgehead atoms. The summed E-state index contributed by atoms with van der Waals surface area (Å²) < 4.78 is 0.925. The van der Waals surface area contributed by atoms with Crippen LogP contribution in [0.1, 0.15) is 37.0 Å². The van der Waals surface area contributed by atoms with Crippen molar-refractivity contribution in [2.75, 3.05) is 7.05 Å². The Hall–Kier alpha value is -0.0500. The van der Waals surface area contributed by atoms with Gasteiger partial charge >= 0.3 is 0 Å². The van der Waals surface area contributed by atoms with Gasteiger partial charge in [-0.25, -0.2) is 0 Å². The van der Waals surface area contributed by atoms with Crippen molar-refractivity contribution in [3.8, 4) is 0 Å². The maximum Gasteiger partial charge on any atom is 0.0931 e. The lowest BCUT2D eigenvalue weighted by atomic mass is 9.94. The lowest BCUT2D eigenvalue weighted by molar-refractivity contribution is 0.402. The van der Waals surface area contributed by atoms with E-state index in [1.54, 1.807) is 11.3 Å². The zero-order valence-electron chi connectivity index (χ0n) is 9.84. The molecule has 3 heteroatoms. The normalized spacial score (nSPS) is 26.6. The Balaban J connectivity index is 1.92. The lowest BCUT2D eigenvalue weighted by Gasteiger charge is -2.18. The van der Waals surface area contributed by atoms with Gasteiger partial charge in [0.25, 0.3) is 0 Å². The van der Waals surface area contributed by atoms with Gasteiger partial charge in [0.05, 0.1) is 4.34 Å². The van der Waals surface area contributed by atoms with E-state index in [0.29, 0.717) is 0 Å². The second kappa shape index (κ2) is 6.04. The summed E-state index contributed by atoms with van der Waals surface area (Å²) in [7, 11) is 2.09. The van der Waals surface area contributed by atoms with Gasteiger partial charge in [0.15, 0.2) is 0 Å². The average Bonchev–Trinajstić information content (AvgIpc) is 2.55. The van der Waals surface area contributed by atoms with Crippen LogP contribution in [0, 0.1) is 5.92 Å². The van der Waals surface area contributed by atoms with Gasteiger partial charge in [0, 0.05) is 10.9 Å². The molecule has 1 nitrogen and oxygen atoms in total. The Kier molecular flexibility index (Phi) is 4.68. The molecule has 2 atom stereocenters. The Labute approximate surface area is 107 Å². The van der Waals surface area contributed by atoms with Crippen LogP contribution in [-0.4, -0.2) is 13.1 Å². The molecule has 2 unspecified atom stereocenters. The first-order valence-electron chi connectivity index (χ1n) is 6.19. The Morgan fingerprint density at radius 3 is 2.88 bits per heavy atom. The second-order valence-electron chi connectivity index (χ2n) is 4.78. The molecule has 16 heavy (non-hydrogen) atoms. The summed E-state index contributed by atoms with van der Waals surface area (Å²) in [5.41, 5.74) is 0. The number of hydrogen-bond donors (Lipinski definition) is 1. The van der Waals surface area contributed by atoms with Crippen molar-refractivity contribution in [2.45, 2.75) is 44.6 Å². The fourth-order valence-electron chi connectivity index (χ4n) is 2.66. The quantitative estimate of drug-likeness (QED) is 0.804. The van der Waals surface area contributed by atoms with E-state index in [2.05, 4.69) is 18.4 Å². The fraction of sp³-hybridized carbons (Fsp3) is 0.692. The van der Waals surface area contributed by atoms with Crippen molar-refractivity contribution in [2.24, 2.45) is 5.92 Å². The highest BCUT2D eigenvalue weighted by atomic mass is 35.5. The standard InChI is InChI=1S/C13H20ClNS/c1-15-11-5-3-2-4-10(8-11)9-12-6-7-13(14)16-12/h6-7,10-11,15H,2-5,8-9H2,1H3. The maximum atomic E-state index is 5.97. The Bertz CT molecular complexity index is 323. The molecule has 2 rings (SSSR count). The Morgan fingerprint density at radius 1 is 1.38 bits per heavy atom. The van der Waals surface area contributed by atoms with E-state index < -0.39 is 0 Å². The zero-order chi connectivity index (χ0) is 11.4. The highest BCUT2D eigenvalue weighted by molar-refractivity contribution is 7.16. The van der Waals surface area contributed by atoms with E-state index in [4.69, 9.17) is 11.6 Å². The van der Waals surface area contributed by atoms with Crippen LogP contribution in [0.15, 0.2) is 12.1 Å².